The highest BCUT2D eigenvalue weighted by molar-refractivity contribution is 9.10. The average molecular weight is 328 g/mol. The Morgan fingerprint density at radius 1 is 1.39 bits per heavy atom. The number of hydrogen-bond acceptors (Lipinski definition) is 5. The fraction of sp³-hybridized carbons (Fsp3) is 0.0909. The largest absolute Gasteiger partial charge is 0.338 e. The SMILES string of the molecule is Cc1nc(Cl)c(C=O)c(Nc2cncc(Br)c2)n1. The van der Waals surface area contributed by atoms with E-state index in [1.165, 1.54) is 0 Å². The number of aromatic nitrogens is 3. The van der Waals surface area contributed by atoms with Gasteiger partial charge < -0.3 is 5.32 Å². The van der Waals surface area contributed by atoms with Gasteiger partial charge in [-0.15, -0.1) is 0 Å². The second kappa shape index (κ2) is 5.41. The number of nitrogens with zero attached hydrogens (tertiary/aromatic N) is 3. The molecule has 0 amide bonds. The number of hydrogen-bond donors (Lipinski definition) is 1. The Morgan fingerprint density at radius 3 is 2.83 bits per heavy atom. The Hall–Kier alpha value is -1.53. The van der Waals surface area contributed by atoms with Crippen LogP contribution in [0.1, 0.15) is 16.2 Å². The molecule has 0 atom stereocenters. The molecule has 2 aromatic rings. The van der Waals surface area contributed by atoms with Gasteiger partial charge in [-0.3, -0.25) is 9.78 Å². The molecule has 92 valence electrons. The molecule has 0 aliphatic rings. The van der Waals surface area contributed by atoms with Crippen LogP contribution in [0, 0.1) is 6.92 Å². The molecular formula is C11H8BrClN4O. The van der Waals surface area contributed by atoms with E-state index in [9.17, 15) is 4.79 Å². The molecule has 7 heteroatoms. The summed E-state index contributed by atoms with van der Waals surface area (Å²) in [5.74, 6) is 0.846. The normalized spacial score (nSPS) is 10.2. The van der Waals surface area contributed by atoms with Crippen molar-refractivity contribution in [2.75, 3.05) is 5.32 Å². The van der Waals surface area contributed by atoms with Gasteiger partial charge in [-0.05, 0) is 28.9 Å². The summed E-state index contributed by atoms with van der Waals surface area (Å²) >= 11 is 9.19. The molecule has 18 heavy (non-hydrogen) atoms. The van der Waals surface area contributed by atoms with Gasteiger partial charge in [0.15, 0.2) is 6.29 Å². The Kier molecular flexibility index (Phi) is 3.88. The molecule has 2 rings (SSSR count). The first kappa shape index (κ1) is 12.9. The van der Waals surface area contributed by atoms with Crippen molar-refractivity contribution in [3.63, 3.8) is 0 Å². The summed E-state index contributed by atoms with van der Waals surface area (Å²) in [5, 5.41) is 3.11. The quantitative estimate of drug-likeness (QED) is 0.693. The molecule has 0 bridgehead atoms. The predicted octanol–water partition coefficient (Wildman–Crippen LogP) is 3.15. The van der Waals surface area contributed by atoms with E-state index in [0.29, 0.717) is 23.6 Å². The summed E-state index contributed by atoms with van der Waals surface area (Å²) in [5.41, 5.74) is 0.920. The van der Waals surface area contributed by atoms with E-state index < -0.39 is 0 Å². The molecule has 2 heterocycles. The maximum Gasteiger partial charge on any atom is 0.156 e. The lowest BCUT2D eigenvalue weighted by atomic mass is 10.3. The van der Waals surface area contributed by atoms with Gasteiger partial charge in [-0.1, -0.05) is 11.6 Å². The molecule has 0 aromatic carbocycles. The van der Waals surface area contributed by atoms with Crippen LogP contribution in [0.2, 0.25) is 5.15 Å². The molecule has 0 saturated heterocycles. The number of aldehydes is 1. The zero-order chi connectivity index (χ0) is 13.1. The monoisotopic (exact) mass is 326 g/mol. The molecular weight excluding hydrogens is 320 g/mol. The summed E-state index contributed by atoms with van der Waals surface area (Å²) in [6.07, 6.45) is 3.89. The minimum absolute atomic E-state index is 0.128. The smallest absolute Gasteiger partial charge is 0.156 e. The van der Waals surface area contributed by atoms with Crippen LogP contribution in [0.5, 0.6) is 0 Å². The Labute approximate surface area is 117 Å². The molecule has 1 N–H and O–H groups in total. The molecule has 0 fully saturated rings. The third-order valence-electron chi connectivity index (χ3n) is 2.10. The summed E-state index contributed by atoms with van der Waals surface area (Å²) < 4.78 is 0.817. The van der Waals surface area contributed by atoms with Gasteiger partial charge >= 0.3 is 0 Å². The van der Waals surface area contributed by atoms with Crippen LogP contribution in [0.25, 0.3) is 0 Å². The van der Waals surface area contributed by atoms with E-state index in [0.717, 1.165) is 4.47 Å². The van der Waals surface area contributed by atoms with E-state index in [1.807, 2.05) is 6.07 Å². The van der Waals surface area contributed by atoms with Gasteiger partial charge in [0.05, 0.1) is 17.4 Å². The number of nitrogens with one attached hydrogen (secondary N) is 1. The van der Waals surface area contributed by atoms with Gasteiger partial charge in [0.2, 0.25) is 0 Å². The van der Waals surface area contributed by atoms with Gasteiger partial charge in [-0.25, -0.2) is 9.97 Å². The van der Waals surface area contributed by atoms with Crippen molar-refractivity contribution >= 4 is 45.3 Å². The number of anilines is 2. The van der Waals surface area contributed by atoms with Crippen molar-refractivity contribution in [2.45, 2.75) is 6.92 Å². The number of halogens is 2. The van der Waals surface area contributed by atoms with Crippen LogP contribution in [-0.2, 0) is 0 Å². The topological polar surface area (TPSA) is 67.8 Å². The first-order chi connectivity index (χ1) is 8.60. The minimum Gasteiger partial charge on any atom is -0.338 e. The van der Waals surface area contributed by atoms with Gasteiger partial charge in [0, 0.05) is 10.7 Å². The summed E-state index contributed by atoms with van der Waals surface area (Å²) in [6.45, 7) is 1.70. The third-order valence-corrected chi connectivity index (χ3v) is 2.82. The number of carbonyl (C=O) groups is 1. The fourth-order valence-electron chi connectivity index (χ4n) is 1.36. The van der Waals surface area contributed by atoms with E-state index in [1.54, 1.807) is 19.3 Å². The van der Waals surface area contributed by atoms with E-state index in [-0.39, 0.29) is 10.7 Å². The highest BCUT2D eigenvalue weighted by Crippen LogP contribution is 2.23. The Morgan fingerprint density at radius 2 is 2.17 bits per heavy atom. The third kappa shape index (κ3) is 2.83. The van der Waals surface area contributed by atoms with E-state index in [2.05, 4.69) is 36.2 Å². The number of carbonyl (C=O) groups excluding carboxylic acids is 1. The zero-order valence-electron chi connectivity index (χ0n) is 9.32. The number of aryl methyl sites for hydroxylation is 1. The summed E-state index contributed by atoms with van der Waals surface area (Å²) in [6, 6.07) is 1.81. The first-order valence-corrected chi connectivity index (χ1v) is 6.14. The fourth-order valence-corrected chi connectivity index (χ4v) is 1.98. The lowest BCUT2D eigenvalue weighted by Crippen LogP contribution is -2.03. The van der Waals surface area contributed by atoms with Crippen LogP contribution in [0.3, 0.4) is 0 Å². The Balaban J connectivity index is 2.42. The maximum absolute atomic E-state index is 11.0. The standard InChI is InChI=1S/C11H8BrClN4O/c1-6-15-10(13)9(5-18)11(16-6)17-8-2-7(12)3-14-4-8/h2-5H,1H3,(H,15,16,17). The van der Waals surface area contributed by atoms with Crippen molar-refractivity contribution in [1.29, 1.82) is 0 Å². The molecule has 0 aliphatic heterocycles. The first-order valence-electron chi connectivity index (χ1n) is 4.97. The van der Waals surface area contributed by atoms with Crippen LogP contribution in [0.4, 0.5) is 11.5 Å². The maximum atomic E-state index is 11.0. The van der Waals surface area contributed by atoms with Crippen molar-refractivity contribution in [1.82, 2.24) is 15.0 Å². The summed E-state index contributed by atoms with van der Waals surface area (Å²) in [7, 11) is 0. The highest BCUT2D eigenvalue weighted by atomic mass is 79.9. The van der Waals surface area contributed by atoms with Crippen molar-refractivity contribution < 1.29 is 4.79 Å². The Bertz CT molecular complexity index is 606. The predicted molar refractivity (Wildman–Crippen MR) is 72.4 cm³/mol. The second-order valence-corrected chi connectivity index (χ2v) is 4.73. The van der Waals surface area contributed by atoms with Crippen LogP contribution < -0.4 is 5.32 Å². The van der Waals surface area contributed by atoms with Crippen molar-refractivity contribution in [3.05, 3.63) is 39.5 Å². The van der Waals surface area contributed by atoms with E-state index >= 15 is 0 Å². The lowest BCUT2D eigenvalue weighted by Gasteiger charge is -2.09. The van der Waals surface area contributed by atoms with Crippen molar-refractivity contribution in [2.24, 2.45) is 0 Å². The van der Waals surface area contributed by atoms with Crippen LogP contribution >= 0.6 is 27.5 Å². The second-order valence-electron chi connectivity index (χ2n) is 3.46. The van der Waals surface area contributed by atoms with Crippen molar-refractivity contribution in [3.8, 4) is 0 Å². The molecule has 0 radical (unpaired) electrons. The van der Waals surface area contributed by atoms with Gasteiger partial charge in [0.1, 0.15) is 16.8 Å². The molecule has 5 nitrogen and oxygen atoms in total. The number of rotatable bonds is 3. The van der Waals surface area contributed by atoms with Gasteiger partial charge in [0.25, 0.3) is 0 Å². The molecule has 0 aliphatic carbocycles. The molecule has 0 unspecified atom stereocenters. The van der Waals surface area contributed by atoms with Crippen LogP contribution in [0.15, 0.2) is 22.9 Å². The summed E-state index contributed by atoms with van der Waals surface area (Å²) in [4.78, 5) is 23.1. The van der Waals surface area contributed by atoms with Crippen LogP contribution in [-0.4, -0.2) is 21.2 Å². The molecule has 0 spiro atoms. The molecule has 0 saturated carbocycles. The van der Waals surface area contributed by atoms with E-state index in [4.69, 9.17) is 11.6 Å². The van der Waals surface area contributed by atoms with Gasteiger partial charge in [-0.2, -0.15) is 0 Å². The lowest BCUT2D eigenvalue weighted by molar-refractivity contribution is 0.112. The average Bonchev–Trinajstić information content (AvgIpc) is 2.28. The zero-order valence-corrected chi connectivity index (χ0v) is 11.7. The molecule has 2 aromatic heterocycles. The minimum atomic E-state index is 0.128. The number of pyridine rings is 1. The highest BCUT2D eigenvalue weighted by Gasteiger charge is 2.11.